The van der Waals surface area contributed by atoms with Gasteiger partial charge < -0.3 is 4.42 Å². The molecule has 0 atom stereocenters. The molecule has 0 N–H and O–H groups in total. The van der Waals surface area contributed by atoms with E-state index in [9.17, 15) is 0 Å². The molecule has 1 aromatic carbocycles. The number of fused-ring (bicyclic) bond motifs is 1. The summed E-state index contributed by atoms with van der Waals surface area (Å²) in [5, 5.41) is 1.04. The number of rotatable bonds is 0. The smallest absolute Gasteiger partial charge is 0.147 e. The molecule has 0 aliphatic rings. The SMILES string of the molecule is Sc1cc(S)c2occc2c1. The van der Waals surface area contributed by atoms with Crippen LogP contribution in [0.1, 0.15) is 0 Å². The predicted molar refractivity (Wildman–Crippen MR) is 50.7 cm³/mol. The largest absolute Gasteiger partial charge is 0.463 e. The molecular formula is C8H6OS2. The lowest BCUT2D eigenvalue weighted by Gasteiger charge is -1.94. The lowest BCUT2D eigenvalue weighted by atomic mass is 10.2. The van der Waals surface area contributed by atoms with Crippen molar-refractivity contribution in [1.82, 2.24) is 0 Å². The van der Waals surface area contributed by atoms with Crippen LogP contribution < -0.4 is 0 Å². The monoisotopic (exact) mass is 182 g/mol. The van der Waals surface area contributed by atoms with Crippen molar-refractivity contribution in [2.75, 3.05) is 0 Å². The Kier molecular flexibility index (Phi) is 1.62. The molecule has 11 heavy (non-hydrogen) atoms. The molecule has 1 nitrogen and oxygen atoms in total. The Hall–Kier alpha value is -0.540. The fourth-order valence-electron chi connectivity index (χ4n) is 1.05. The van der Waals surface area contributed by atoms with Gasteiger partial charge in [-0.2, -0.15) is 0 Å². The van der Waals surface area contributed by atoms with Gasteiger partial charge in [-0.25, -0.2) is 0 Å². The Morgan fingerprint density at radius 2 is 2.00 bits per heavy atom. The molecule has 0 unspecified atom stereocenters. The van der Waals surface area contributed by atoms with Crippen molar-refractivity contribution in [3.8, 4) is 0 Å². The van der Waals surface area contributed by atoms with Gasteiger partial charge >= 0.3 is 0 Å². The maximum atomic E-state index is 5.19. The van der Waals surface area contributed by atoms with Crippen LogP contribution in [0.2, 0.25) is 0 Å². The predicted octanol–water partition coefficient (Wildman–Crippen LogP) is 3.01. The Balaban J connectivity index is 2.91. The van der Waals surface area contributed by atoms with Gasteiger partial charge in [0, 0.05) is 15.2 Å². The van der Waals surface area contributed by atoms with Crippen molar-refractivity contribution in [2.24, 2.45) is 0 Å². The Labute approximate surface area is 75.2 Å². The third-order valence-electron chi connectivity index (χ3n) is 1.52. The third-order valence-corrected chi connectivity index (χ3v) is 2.11. The molecule has 0 fully saturated rings. The zero-order valence-corrected chi connectivity index (χ0v) is 7.40. The minimum absolute atomic E-state index is 0.825. The van der Waals surface area contributed by atoms with Gasteiger partial charge in [0.15, 0.2) is 0 Å². The van der Waals surface area contributed by atoms with E-state index < -0.39 is 0 Å². The first-order valence-electron chi connectivity index (χ1n) is 3.16. The first-order valence-corrected chi connectivity index (χ1v) is 4.06. The summed E-state index contributed by atoms with van der Waals surface area (Å²) in [4.78, 5) is 1.74. The van der Waals surface area contributed by atoms with Crippen molar-refractivity contribution in [1.29, 1.82) is 0 Å². The Bertz CT molecular complexity index is 392. The van der Waals surface area contributed by atoms with Gasteiger partial charge in [0.05, 0.1) is 6.26 Å². The maximum absolute atomic E-state index is 5.19. The summed E-state index contributed by atoms with van der Waals surface area (Å²) >= 11 is 8.46. The molecule has 0 saturated heterocycles. The summed E-state index contributed by atoms with van der Waals surface area (Å²) in [6, 6.07) is 5.70. The number of hydrogen-bond acceptors (Lipinski definition) is 3. The highest BCUT2D eigenvalue weighted by Crippen LogP contribution is 2.26. The molecule has 1 heterocycles. The Morgan fingerprint density at radius 3 is 2.82 bits per heavy atom. The van der Waals surface area contributed by atoms with E-state index >= 15 is 0 Å². The second-order valence-electron chi connectivity index (χ2n) is 2.30. The average molecular weight is 182 g/mol. The summed E-state index contributed by atoms with van der Waals surface area (Å²) in [5.41, 5.74) is 0.825. The van der Waals surface area contributed by atoms with Gasteiger partial charge in [-0.05, 0) is 18.2 Å². The second-order valence-corrected chi connectivity index (χ2v) is 3.30. The highest BCUT2D eigenvalue weighted by Gasteiger charge is 2.01. The third kappa shape index (κ3) is 1.14. The van der Waals surface area contributed by atoms with Crippen LogP contribution in [-0.4, -0.2) is 0 Å². The van der Waals surface area contributed by atoms with Crippen molar-refractivity contribution in [3.05, 3.63) is 24.5 Å². The quantitative estimate of drug-likeness (QED) is 0.597. The average Bonchev–Trinajstić information content (AvgIpc) is 2.34. The highest BCUT2D eigenvalue weighted by atomic mass is 32.1. The zero-order valence-electron chi connectivity index (χ0n) is 5.61. The van der Waals surface area contributed by atoms with E-state index in [4.69, 9.17) is 4.42 Å². The molecule has 0 saturated carbocycles. The van der Waals surface area contributed by atoms with E-state index in [1.807, 2.05) is 18.2 Å². The topological polar surface area (TPSA) is 13.1 Å². The summed E-state index contributed by atoms with van der Waals surface area (Å²) < 4.78 is 5.19. The standard InChI is InChI=1S/C8H6OS2/c10-6-3-5-1-2-9-8(5)7(11)4-6/h1-4,10-11H. The van der Waals surface area contributed by atoms with Gasteiger partial charge in [-0.15, -0.1) is 25.3 Å². The van der Waals surface area contributed by atoms with E-state index in [0.29, 0.717) is 0 Å². The van der Waals surface area contributed by atoms with Crippen LogP contribution in [0, 0.1) is 0 Å². The zero-order chi connectivity index (χ0) is 7.84. The van der Waals surface area contributed by atoms with Gasteiger partial charge in [-0.3, -0.25) is 0 Å². The van der Waals surface area contributed by atoms with Crippen molar-refractivity contribution in [2.45, 2.75) is 9.79 Å². The minimum Gasteiger partial charge on any atom is -0.463 e. The molecule has 0 aliphatic heterocycles. The number of benzene rings is 1. The first-order chi connectivity index (χ1) is 5.27. The van der Waals surface area contributed by atoms with Crippen LogP contribution in [0.5, 0.6) is 0 Å². The van der Waals surface area contributed by atoms with Crippen LogP contribution in [-0.2, 0) is 0 Å². The van der Waals surface area contributed by atoms with E-state index in [2.05, 4.69) is 25.3 Å². The fourth-order valence-corrected chi connectivity index (χ4v) is 1.74. The van der Waals surface area contributed by atoms with E-state index in [1.165, 1.54) is 0 Å². The van der Waals surface area contributed by atoms with Crippen LogP contribution in [0.4, 0.5) is 0 Å². The van der Waals surface area contributed by atoms with Gasteiger partial charge in [-0.1, -0.05) is 0 Å². The second kappa shape index (κ2) is 2.50. The first kappa shape index (κ1) is 7.13. The Morgan fingerprint density at radius 1 is 1.18 bits per heavy atom. The van der Waals surface area contributed by atoms with Gasteiger partial charge in [0.25, 0.3) is 0 Å². The molecule has 0 amide bonds. The maximum Gasteiger partial charge on any atom is 0.147 e. The summed E-state index contributed by atoms with van der Waals surface area (Å²) in [5.74, 6) is 0. The molecule has 0 bridgehead atoms. The van der Waals surface area contributed by atoms with Crippen LogP contribution in [0.3, 0.4) is 0 Å². The minimum atomic E-state index is 0.825. The molecular weight excluding hydrogens is 176 g/mol. The molecule has 0 radical (unpaired) electrons. The molecule has 0 spiro atoms. The van der Waals surface area contributed by atoms with Gasteiger partial charge in [0.2, 0.25) is 0 Å². The highest BCUT2D eigenvalue weighted by molar-refractivity contribution is 7.81. The molecule has 3 heteroatoms. The molecule has 2 rings (SSSR count). The number of thiol groups is 2. The number of furan rings is 1. The molecule has 56 valence electrons. The van der Waals surface area contributed by atoms with Crippen LogP contribution in [0.25, 0.3) is 11.0 Å². The van der Waals surface area contributed by atoms with Crippen LogP contribution in [0.15, 0.2) is 38.7 Å². The molecule has 1 aromatic heterocycles. The fraction of sp³-hybridized carbons (Fsp3) is 0. The van der Waals surface area contributed by atoms with E-state index in [1.54, 1.807) is 6.26 Å². The summed E-state index contributed by atoms with van der Waals surface area (Å²) in [7, 11) is 0. The van der Waals surface area contributed by atoms with Gasteiger partial charge in [0.1, 0.15) is 5.58 Å². The van der Waals surface area contributed by atoms with Crippen molar-refractivity contribution >= 4 is 36.2 Å². The molecule has 0 aliphatic carbocycles. The van der Waals surface area contributed by atoms with Crippen molar-refractivity contribution in [3.63, 3.8) is 0 Å². The van der Waals surface area contributed by atoms with E-state index in [0.717, 1.165) is 20.8 Å². The lowest BCUT2D eigenvalue weighted by molar-refractivity contribution is 0.608. The molecule has 2 aromatic rings. The van der Waals surface area contributed by atoms with Crippen molar-refractivity contribution < 1.29 is 4.42 Å². The normalized spacial score (nSPS) is 10.7. The summed E-state index contributed by atoms with van der Waals surface area (Å²) in [6.45, 7) is 0. The van der Waals surface area contributed by atoms with E-state index in [-0.39, 0.29) is 0 Å². The summed E-state index contributed by atoms with van der Waals surface area (Å²) in [6.07, 6.45) is 1.65. The lowest BCUT2D eigenvalue weighted by Crippen LogP contribution is -1.69. The number of hydrogen-bond donors (Lipinski definition) is 2. The van der Waals surface area contributed by atoms with Crippen LogP contribution >= 0.6 is 25.3 Å².